The van der Waals surface area contributed by atoms with Crippen LogP contribution >= 0.6 is 11.3 Å². The predicted octanol–water partition coefficient (Wildman–Crippen LogP) is 2.12. The van der Waals surface area contributed by atoms with E-state index in [1.807, 2.05) is 0 Å². The first-order chi connectivity index (χ1) is 10.0. The fourth-order valence-corrected chi connectivity index (χ4v) is 3.39. The zero-order valence-electron chi connectivity index (χ0n) is 12.1. The van der Waals surface area contributed by atoms with Gasteiger partial charge in [0.15, 0.2) is 5.69 Å². The molecule has 1 aliphatic rings. The molecular formula is C14H21N3O3S. The molecule has 6 nitrogen and oxygen atoms in total. The molecule has 1 heterocycles. The molecular weight excluding hydrogens is 290 g/mol. The first-order valence-electron chi connectivity index (χ1n) is 7.24. The Kier molecular flexibility index (Phi) is 5.55. The summed E-state index contributed by atoms with van der Waals surface area (Å²) in [5.74, 6) is 0.352. The van der Waals surface area contributed by atoms with Gasteiger partial charge in [-0.15, -0.1) is 11.3 Å². The molecule has 0 bridgehead atoms. The van der Waals surface area contributed by atoms with E-state index in [0.29, 0.717) is 18.9 Å². The number of hydrogen-bond donors (Lipinski definition) is 3. The van der Waals surface area contributed by atoms with Crippen molar-refractivity contribution in [2.24, 2.45) is 11.8 Å². The summed E-state index contributed by atoms with van der Waals surface area (Å²) < 4.78 is 0. The van der Waals surface area contributed by atoms with Crippen LogP contribution in [0.1, 0.15) is 41.7 Å². The minimum atomic E-state index is -1.02. The Morgan fingerprint density at radius 1 is 1.43 bits per heavy atom. The van der Waals surface area contributed by atoms with Gasteiger partial charge >= 0.3 is 12.0 Å². The van der Waals surface area contributed by atoms with Crippen molar-refractivity contribution >= 4 is 23.3 Å². The van der Waals surface area contributed by atoms with Crippen LogP contribution in [0.15, 0.2) is 5.38 Å². The van der Waals surface area contributed by atoms with Crippen LogP contribution in [0.25, 0.3) is 0 Å². The van der Waals surface area contributed by atoms with E-state index in [1.165, 1.54) is 36.0 Å². The van der Waals surface area contributed by atoms with E-state index >= 15 is 0 Å². The number of aromatic nitrogens is 1. The van der Waals surface area contributed by atoms with E-state index < -0.39 is 5.97 Å². The zero-order valence-corrected chi connectivity index (χ0v) is 12.9. The van der Waals surface area contributed by atoms with Gasteiger partial charge in [-0.05, 0) is 24.7 Å². The molecule has 7 heteroatoms. The number of carbonyl (C=O) groups excluding carboxylic acids is 1. The maximum Gasteiger partial charge on any atom is 0.355 e. The van der Waals surface area contributed by atoms with Crippen LogP contribution in [0, 0.1) is 11.8 Å². The monoisotopic (exact) mass is 311 g/mol. The van der Waals surface area contributed by atoms with Gasteiger partial charge in [-0.2, -0.15) is 0 Å². The second-order valence-electron chi connectivity index (χ2n) is 5.60. The minimum absolute atomic E-state index is 0.0646. The first-order valence-corrected chi connectivity index (χ1v) is 8.12. The normalized spacial score (nSPS) is 21.2. The third-order valence-corrected chi connectivity index (χ3v) is 4.66. The highest BCUT2D eigenvalue weighted by atomic mass is 32.1. The van der Waals surface area contributed by atoms with E-state index in [1.54, 1.807) is 0 Å². The Labute approximate surface area is 128 Å². The average Bonchev–Trinajstić information content (AvgIpc) is 3.05. The van der Waals surface area contributed by atoms with Crippen LogP contribution in [-0.4, -0.2) is 35.2 Å². The predicted molar refractivity (Wildman–Crippen MR) is 80.7 cm³/mol. The number of carbonyl (C=O) groups is 2. The molecule has 3 N–H and O–H groups in total. The van der Waals surface area contributed by atoms with Gasteiger partial charge in [0.05, 0.1) is 5.01 Å². The molecule has 2 unspecified atom stereocenters. The Balaban J connectivity index is 1.61. The summed E-state index contributed by atoms with van der Waals surface area (Å²) in [6.07, 6.45) is 4.19. The van der Waals surface area contributed by atoms with Gasteiger partial charge < -0.3 is 15.7 Å². The molecule has 1 aromatic rings. The lowest BCUT2D eigenvalue weighted by Crippen LogP contribution is -2.38. The molecule has 1 fully saturated rings. The topological polar surface area (TPSA) is 91.3 Å². The Morgan fingerprint density at radius 2 is 2.24 bits per heavy atom. The number of hydrogen-bond acceptors (Lipinski definition) is 4. The summed E-state index contributed by atoms with van der Waals surface area (Å²) in [5, 5.41) is 16.7. The molecule has 0 saturated heterocycles. The van der Waals surface area contributed by atoms with Gasteiger partial charge in [-0.1, -0.05) is 13.3 Å². The van der Waals surface area contributed by atoms with E-state index in [-0.39, 0.29) is 11.7 Å². The van der Waals surface area contributed by atoms with Gasteiger partial charge in [0.25, 0.3) is 0 Å². The number of thiazole rings is 1. The highest BCUT2D eigenvalue weighted by molar-refractivity contribution is 7.09. The quantitative estimate of drug-likeness (QED) is 0.750. The minimum Gasteiger partial charge on any atom is -0.476 e. The van der Waals surface area contributed by atoms with Crippen LogP contribution in [0.3, 0.4) is 0 Å². The standard InChI is InChI=1S/C14H21N3O3S/c1-9-2-3-10(6-9)7-16-14(20)15-5-4-12-17-11(8-21-12)13(18)19/h8-10H,2-7H2,1H3,(H,18,19)(H2,15,16,20). The maximum absolute atomic E-state index is 11.7. The van der Waals surface area contributed by atoms with E-state index in [0.717, 1.165) is 17.5 Å². The molecule has 0 aromatic carbocycles. The fraction of sp³-hybridized carbons (Fsp3) is 0.643. The Bertz CT molecular complexity index is 503. The highest BCUT2D eigenvalue weighted by Gasteiger charge is 2.21. The Hall–Kier alpha value is -1.63. The zero-order chi connectivity index (χ0) is 15.2. The van der Waals surface area contributed by atoms with Crippen molar-refractivity contribution in [2.45, 2.75) is 32.6 Å². The molecule has 21 heavy (non-hydrogen) atoms. The van der Waals surface area contributed by atoms with Crippen molar-refractivity contribution in [3.8, 4) is 0 Å². The maximum atomic E-state index is 11.7. The largest absolute Gasteiger partial charge is 0.476 e. The molecule has 1 saturated carbocycles. The van der Waals surface area contributed by atoms with E-state index in [2.05, 4.69) is 22.5 Å². The van der Waals surface area contributed by atoms with Crippen molar-refractivity contribution in [3.63, 3.8) is 0 Å². The van der Waals surface area contributed by atoms with Crippen molar-refractivity contribution < 1.29 is 14.7 Å². The number of carboxylic acid groups (broad SMARTS) is 1. The van der Waals surface area contributed by atoms with Crippen LogP contribution in [0.4, 0.5) is 4.79 Å². The fourth-order valence-electron chi connectivity index (χ4n) is 2.62. The smallest absolute Gasteiger partial charge is 0.355 e. The molecule has 0 radical (unpaired) electrons. The molecule has 0 aliphatic heterocycles. The van der Waals surface area contributed by atoms with Gasteiger partial charge in [-0.25, -0.2) is 14.6 Å². The third kappa shape index (κ3) is 5.00. The number of carboxylic acids is 1. The average molecular weight is 311 g/mol. The van der Waals surface area contributed by atoms with Crippen LogP contribution in [-0.2, 0) is 6.42 Å². The molecule has 2 rings (SSSR count). The van der Waals surface area contributed by atoms with E-state index in [9.17, 15) is 9.59 Å². The third-order valence-electron chi connectivity index (χ3n) is 3.75. The van der Waals surface area contributed by atoms with E-state index in [4.69, 9.17) is 5.11 Å². The number of nitrogens with one attached hydrogen (secondary N) is 2. The second kappa shape index (κ2) is 7.40. The van der Waals surface area contributed by atoms with Gasteiger partial charge in [0, 0.05) is 24.9 Å². The lowest BCUT2D eigenvalue weighted by atomic mass is 10.1. The summed E-state index contributed by atoms with van der Waals surface area (Å²) in [6.45, 7) is 3.44. The SMILES string of the molecule is CC1CCC(CNC(=O)NCCc2nc(C(=O)O)cs2)C1. The van der Waals surface area contributed by atoms with Crippen LogP contribution in [0.2, 0.25) is 0 Å². The summed E-state index contributed by atoms with van der Waals surface area (Å²) in [6, 6.07) is -0.162. The molecule has 1 aliphatic carbocycles. The van der Waals surface area contributed by atoms with Crippen molar-refractivity contribution in [3.05, 3.63) is 16.1 Å². The number of amides is 2. The highest BCUT2D eigenvalue weighted by Crippen LogP contribution is 2.29. The van der Waals surface area contributed by atoms with Crippen molar-refractivity contribution in [1.29, 1.82) is 0 Å². The molecule has 0 spiro atoms. The van der Waals surface area contributed by atoms with Crippen LogP contribution < -0.4 is 10.6 Å². The first kappa shape index (κ1) is 15.8. The Morgan fingerprint density at radius 3 is 2.86 bits per heavy atom. The summed E-state index contributed by atoms with van der Waals surface area (Å²) in [5.41, 5.74) is 0.0646. The molecule has 2 amide bonds. The number of nitrogens with zero attached hydrogens (tertiary/aromatic N) is 1. The van der Waals surface area contributed by atoms with Crippen molar-refractivity contribution in [1.82, 2.24) is 15.6 Å². The number of aromatic carboxylic acids is 1. The van der Waals surface area contributed by atoms with Gasteiger partial charge in [0.1, 0.15) is 0 Å². The molecule has 1 aromatic heterocycles. The summed E-state index contributed by atoms with van der Waals surface area (Å²) >= 11 is 1.30. The number of rotatable bonds is 6. The van der Waals surface area contributed by atoms with Crippen molar-refractivity contribution in [2.75, 3.05) is 13.1 Å². The molecule has 116 valence electrons. The lowest BCUT2D eigenvalue weighted by molar-refractivity contribution is 0.0691. The summed E-state index contributed by atoms with van der Waals surface area (Å²) in [4.78, 5) is 26.3. The summed E-state index contributed by atoms with van der Waals surface area (Å²) in [7, 11) is 0. The second-order valence-corrected chi connectivity index (χ2v) is 6.55. The molecule has 2 atom stereocenters. The van der Waals surface area contributed by atoms with Crippen LogP contribution in [0.5, 0.6) is 0 Å². The number of urea groups is 1. The lowest BCUT2D eigenvalue weighted by Gasteiger charge is -2.11. The van der Waals surface area contributed by atoms with Gasteiger partial charge in [0.2, 0.25) is 0 Å². The van der Waals surface area contributed by atoms with Gasteiger partial charge in [-0.3, -0.25) is 0 Å².